The molecule has 1 atom stereocenters. The second-order valence-corrected chi connectivity index (χ2v) is 6.50. The number of rotatable bonds is 2. The lowest BCUT2D eigenvalue weighted by atomic mass is 9.82. The van der Waals surface area contributed by atoms with Crippen molar-refractivity contribution in [3.8, 4) is 0 Å². The van der Waals surface area contributed by atoms with Gasteiger partial charge in [0.2, 0.25) is 0 Å². The Balaban J connectivity index is 2.00. The summed E-state index contributed by atoms with van der Waals surface area (Å²) in [6.07, 6.45) is 3.04. The predicted molar refractivity (Wildman–Crippen MR) is 80.8 cm³/mol. The molecule has 1 unspecified atom stereocenters. The van der Waals surface area contributed by atoms with E-state index in [4.69, 9.17) is 23.2 Å². The highest BCUT2D eigenvalue weighted by molar-refractivity contribution is 7.10. The first-order chi connectivity index (χ1) is 9.18. The van der Waals surface area contributed by atoms with Gasteiger partial charge in [0, 0.05) is 16.4 Å². The number of aryl methyl sites for hydroxylation is 1. The third kappa shape index (κ3) is 2.33. The smallest absolute Gasteiger partial charge is 0.171 e. The molecule has 0 amide bonds. The zero-order valence-corrected chi connectivity index (χ0v) is 12.5. The number of halogens is 2. The van der Waals surface area contributed by atoms with E-state index in [9.17, 15) is 4.79 Å². The Morgan fingerprint density at radius 2 is 2.11 bits per heavy atom. The number of carbonyl (C=O) groups excluding carboxylic acids is 1. The van der Waals surface area contributed by atoms with E-state index in [1.165, 1.54) is 10.4 Å². The van der Waals surface area contributed by atoms with Crippen molar-refractivity contribution in [2.24, 2.45) is 0 Å². The van der Waals surface area contributed by atoms with Gasteiger partial charge in [-0.2, -0.15) is 0 Å². The summed E-state index contributed by atoms with van der Waals surface area (Å²) in [6.45, 7) is 0. The number of thiophene rings is 1. The molecule has 1 aliphatic carbocycles. The Morgan fingerprint density at radius 1 is 1.26 bits per heavy atom. The van der Waals surface area contributed by atoms with E-state index in [0.29, 0.717) is 15.6 Å². The molecule has 19 heavy (non-hydrogen) atoms. The van der Waals surface area contributed by atoms with Crippen LogP contribution < -0.4 is 0 Å². The molecule has 0 bridgehead atoms. The highest BCUT2D eigenvalue weighted by Gasteiger charge is 2.29. The SMILES string of the molecule is O=C(c1cccc(Cl)c1Cl)C1CCCc2sccc21. The Morgan fingerprint density at radius 3 is 2.95 bits per heavy atom. The maximum atomic E-state index is 12.7. The van der Waals surface area contributed by atoms with E-state index in [1.807, 2.05) is 0 Å². The van der Waals surface area contributed by atoms with Crippen LogP contribution in [0.1, 0.15) is 39.6 Å². The molecule has 1 nitrogen and oxygen atoms in total. The summed E-state index contributed by atoms with van der Waals surface area (Å²) in [4.78, 5) is 14.0. The molecule has 0 saturated heterocycles. The zero-order chi connectivity index (χ0) is 13.4. The highest BCUT2D eigenvalue weighted by atomic mass is 35.5. The molecule has 1 heterocycles. The van der Waals surface area contributed by atoms with Crippen LogP contribution in [0.5, 0.6) is 0 Å². The second kappa shape index (κ2) is 5.28. The zero-order valence-electron chi connectivity index (χ0n) is 10.2. The first-order valence-electron chi connectivity index (χ1n) is 6.23. The van der Waals surface area contributed by atoms with E-state index in [2.05, 4.69) is 11.4 Å². The number of benzene rings is 1. The van der Waals surface area contributed by atoms with E-state index >= 15 is 0 Å². The molecule has 3 rings (SSSR count). The lowest BCUT2D eigenvalue weighted by molar-refractivity contribution is 0.0951. The quantitative estimate of drug-likeness (QED) is 0.683. The minimum absolute atomic E-state index is 0.0639. The average molecular weight is 311 g/mol. The Labute approximate surface area is 126 Å². The van der Waals surface area contributed by atoms with Crippen molar-refractivity contribution in [1.29, 1.82) is 0 Å². The number of ketones is 1. The van der Waals surface area contributed by atoms with Crippen molar-refractivity contribution in [2.45, 2.75) is 25.2 Å². The third-order valence-electron chi connectivity index (χ3n) is 3.59. The van der Waals surface area contributed by atoms with E-state index in [1.54, 1.807) is 29.5 Å². The third-order valence-corrected chi connectivity index (χ3v) is 5.40. The van der Waals surface area contributed by atoms with Gasteiger partial charge in [-0.3, -0.25) is 4.79 Å². The van der Waals surface area contributed by atoms with E-state index < -0.39 is 0 Å². The first kappa shape index (κ1) is 13.2. The van der Waals surface area contributed by atoms with Crippen molar-refractivity contribution < 1.29 is 4.79 Å². The maximum Gasteiger partial charge on any atom is 0.171 e. The standard InChI is InChI=1S/C15H12Cl2OS/c16-12-5-1-4-11(14(12)17)15(18)10-3-2-6-13-9(10)7-8-19-13/h1,4-5,7-8,10H,2-3,6H2. The van der Waals surface area contributed by atoms with Crippen LogP contribution in [0.25, 0.3) is 0 Å². The van der Waals surface area contributed by atoms with Crippen LogP contribution in [-0.4, -0.2) is 5.78 Å². The molecule has 0 saturated carbocycles. The van der Waals surface area contributed by atoms with Crippen LogP contribution in [0.15, 0.2) is 29.6 Å². The number of carbonyl (C=O) groups is 1. The number of hydrogen-bond donors (Lipinski definition) is 0. The van der Waals surface area contributed by atoms with Gasteiger partial charge < -0.3 is 0 Å². The summed E-state index contributed by atoms with van der Waals surface area (Å²) >= 11 is 13.9. The minimum atomic E-state index is -0.0639. The number of Topliss-reactive ketones (excluding diaryl/α,β-unsaturated/α-hetero) is 1. The molecule has 0 radical (unpaired) electrons. The summed E-state index contributed by atoms with van der Waals surface area (Å²) in [7, 11) is 0. The van der Waals surface area contributed by atoms with Gasteiger partial charge in [0.1, 0.15) is 0 Å². The Hall–Kier alpha value is -0.830. The summed E-state index contributed by atoms with van der Waals surface area (Å²) in [5.74, 6) is 0.0258. The molecule has 0 fully saturated rings. The van der Waals surface area contributed by atoms with Crippen molar-refractivity contribution >= 4 is 40.3 Å². The summed E-state index contributed by atoms with van der Waals surface area (Å²) < 4.78 is 0. The van der Waals surface area contributed by atoms with Crippen molar-refractivity contribution in [3.63, 3.8) is 0 Å². The summed E-state index contributed by atoms with van der Waals surface area (Å²) in [6, 6.07) is 7.31. The number of hydrogen-bond acceptors (Lipinski definition) is 2. The van der Waals surface area contributed by atoms with Gasteiger partial charge in [-0.1, -0.05) is 29.3 Å². The van der Waals surface area contributed by atoms with Crippen LogP contribution in [0.3, 0.4) is 0 Å². The Bertz CT molecular complexity index is 633. The fraction of sp³-hybridized carbons (Fsp3) is 0.267. The van der Waals surface area contributed by atoms with Gasteiger partial charge in [0.15, 0.2) is 5.78 Å². The predicted octanol–water partition coefficient (Wildman–Crippen LogP) is 5.36. The van der Waals surface area contributed by atoms with Crippen LogP contribution in [0.2, 0.25) is 10.0 Å². The van der Waals surface area contributed by atoms with Gasteiger partial charge in [0.25, 0.3) is 0 Å². The highest BCUT2D eigenvalue weighted by Crippen LogP contribution is 2.38. The van der Waals surface area contributed by atoms with Crippen molar-refractivity contribution in [1.82, 2.24) is 0 Å². The molecule has 2 aromatic rings. The number of fused-ring (bicyclic) bond motifs is 1. The first-order valence-corrected chi connectivity index (χ1v) is 7.86. The molecule has 0 spiro atoms. The molecule has 4 heteroatoms. The molecular formula is C15H12Cl2OS. The minimum Gasteiger partial charge on any atom is -0.293 e. The second-order valence-electron chi connectivity index (χ2n) is 4.71. The fourth-order valence-electron chi connectivity index (χ4n) is 2.64. The van der Waals surface area contributed by atoms with Gasteiger partial charge in [-0.05, 0) is 48.4 Å². The maximum absolute atomic E-state index is 12.7. The summed E-state index contributed by atoms with van der Waals surface area (Å²) in [5, 5.41) is 2.88. The van der Waals surface area contributed by atoms with Crippen LogP contribution >= 0.6 is 34.5 Å². The molecule has 1 aromatic carbocycles. The normalized spacial score (nSPS) is 18.1. The topological polar surface area (TPSA) is 17.1 Å². The fourth-order valence-corrected chi connectivity index (χ4v) is 4.02. The molecular weight excluding hydrogens is 299 g/mol. The van der Waals surface area contributed by atoms with Crippen molar-refractivity contribution in [2.75, 3.05) is 0 Å². The molecule has 1 aromatic heterocycles. The molecule has 0 N–H and O–H groups in total. The molecule has 1 aliphatic rings. The van der Waals surface area contributed by atoms with Gasteiger partial charge in [-0.25, -0.2) is 0 Å². The van der Waals surface area contributed by atoms with Crippen LogP contribution in [0.4, 0.5) is 0 Å². The van der Waals surface area contributed by atoms with Crippen molar-refractivity contribution in [3.05, 3.63) is 55.7 Å². The molecule has 0 aliphatic heterocycles. The lowest BCUT2D eigenvalue weighted by Gasteiger charge is -2.22. The van der Waals surface area contributed by atoms with Gasteiger partial charge >= 0.3 is 0 Å². The van der Waals surface area contributed by atoms with E-state index in [-0.39, 0.29) is 11.7 Å². The molecule has 98 valence electrons. The monoisotopic (exact) mass is 310 g/mol. The summed E-state index contributed by atoms with van der Waals surface area (Å²) in [5.41, 5.74) is 1.72. The van der Waals surface area contributed by atoms with Crippen LogP contribution in [0, 0.1) is 0 Å². The Kier molecular flexibility index (Phi) is 3.66. The average Bonchev–Trinajstić information content (AvgIpc) is 2.89. The van der Waals surface area contributed by atoms with Gasteiger partial charge in [0.05, 0.1) is 10.0 Å². The van der Waals surface area contributed by atoms with Gasteiger partial charge in [-0.15, -0.1) is 11.3 Å². The van der Waals surface area contributed by atoms with Crippen LogP contribution in [-0.2, 0) is 6.42 Å². The van der Waals surface area contributed by atoms with E-state index in [0.717, 1.165) is 19.3 Å². The largest absolute Gasteiger partial charge is 0.293 e. The lowest BCUT2D eigenvalue weighted by Crippen LogP contribution is -2.17.